The summed E-state index contributed by atoms with van der Waals surface area (Å²) in [6, 6.07) is 5.88. The Bertz CT molecular complexity index is 451. The number of anilines is 1. The average molecular weight is 312 g/mol. The lowest BCUT2D eigenvalue weighted by atomic mass is 10.1. The van der Waals surface area contributed by atoms with E-state index in [1.807, 2.05) is 18.2 Å². The van der Waals surface area contributed by atoms with Gasteiger partial charge in [0.05, 0.1) is 12.2 Å². The summed E-state index contributed by atoms with van der Waals surface area (Å²) in [6.45, 7) is 7.39. The Balaban J connectivity index is 2.35. The highest BCUT2D eigenvalue weighted by molar-refractivity contribution is 9.10. The summed E-state index contributed by atoms with van der Waals surface area (Å²) < 4.78 is 6.66. The molecule has 2 unspecified atom stereocenters. The highest BCUT2D eigenvalue weighted by Gasteiger charge is 2.24. The number of rotatable bonds is 2. The Morgan fingerprint density at radius 2 is 1.94 bits per heavy atom. The lowest BCUT2D eigenvalue weighted by Gasteiger charge is -2.37. The Morgan fingerprint density at radius 3 is 2.50 bits per heavy atom. The van der Waals surface area contributed by atoms with Crippen molar-refractivity contribution in [1.82, 2.24) is 0 Å². The number of benzene rings is 1. The molecule has 0 spiro atoms. The molecule has 0 saturated carbocycles. The highest BCUT2D eigenvalue weighted by Crippen LogP contribution is 2.27. The van der Waals surface area contributed by atoms with E-state index >= 15 is 0 Å². The number of morpholine rings is 1. The fraction of sp³-hybridized carbons (Fsp3) is 0.500. The van der Waals surface area contributed by atoms with Crippen LogP contribution in [0, 0.1) is 0 Å². The monoisotopic (exact) mass is 311 g/mol. The maximum absolute atomic E-state index is 11.7. The number of hydrogen-bond donors (Lipinski definition) is 0. The van der Waals surface area contributed by atoms with E-state index in [-0.39, 0.29) is 18.0 Å². The largest absolute Gasteiger partial charge is 0.372 e. The first kappa shape index (κ1) is 13.6. The van der Waals surface area contributed by atoms with E-state index in [1.54, 1.807) is 6.92 Å². The molecular weight excluding hydrogens is 294 g/mol. The van der Waals surface area contributed by atoms with Gasteiger partial charge in [-0.3, -0.25) is 4.79 Å². The van der Waals surface area contributed by atoms with Crippen LogP contribution in [0.3, 0.4) is 0 Å². The van der Waals surface area contributed by atoms with Crippen molar-refractivity contribution < 1.29 is 9.53 Å². The van der Waals surface area contributed by atoms with Crippen molar-refractivity contribution in [2.24, 2.45) is 0 Å². The van der Waals surface area contributed by atoms with Gasteiger partial charge < -0.3 is 9.64 Å². The van der Waals surface area contributed by atoms with Crippen molar-refractivity contribution in [1.29, 1.82) is 0 Å². The topological polar surface area (TPSA) is 29.5 Å². The first-order valence-corrected chi connectivity index (χ1v) is 6.97. The van der Waals surface area contributed by atoms with Crippen molar-refractivity contribution in [2.45, 2.75) is 33.0 Å². The van der Waals surface area contributed by atoms with Gasteiger partial charge in [-0.15, -0.1) is 0 Å². The van der Waals surface area contributed by atoms with E-state index in [4.69, 9.17) is 4.74 Å². The SMILES string of the molecule is CC(=O)c1cc(Br)ccc1N1CC(C)OC(C)C1. The van der Waals surface area contributed by atoms with Crippen molar-refractivity contribution in [3.63, 3.8) is 0 Å². The minimum absolute atomic E-state index is 0.0955. The second kappa shape index (κ2) is 5.41. The van der Waals surface area contributed by atoms with E-state index in [0.717, 1.165) is 28.8 Å². The molecule has 98 valence electrons. The lowest BCUT2D eigenvalue weighted by Crippen LogP contribution is -2.46. The molecule has 1 heterocycles. The zero-order chi connectivity index (χ0) is 13.3. The standard InChI is InChI=1S/C14H18BrNO2/c1-9-7-16(8-10(2)18-9)14-5-4-12(15)6-13(14)11(3)17/h4-6,9-10H,7-8H2,1-3H3. The van der Waals surface area contributed by atoms with Crippen LogP contribution in [0.5, 0.6) is 0 Å². The van der Waals surface area contributed by atoms with Crippen LogP contribution in [0.2, 0.25) is 0 Å². The normalized spacial score (nSPS) is 24.1. The Kier molecular flexibility index (Phi) is 4.07. The molecule has 2 atom stereocenters. The second-order valence-corrected chi connectivity index (χ2v) is 5.80. The number of carbonyl (C=O) groups is 1. The quantitative estimate of drug-likeness (QED) is 0.785. The van der Waals surface area contributed by atoms with E-state index in [0.29, 0.717) is 0 Å². The zero-order valence-electron chi connectivity index (χ0n) is 10.9. The van der Waals surface area contributed by atoms with Crippen molar-refractivity contribution >= 4 is 27.4 Å². The van der Waals surface area contributed by atoms with E-state index in [2.05, 4.69) is 34.7 Å². The van der Waals surface area contributed by atoms with Gasteiger partial charge in [-0.25, -0.2) is 0 Å². The molecule has 0 bridgehead atoms. The number of hydrogen-bond acceptors (Lipinski definition) is 3. The molecule has 1 aromatic carbocycles. The van der Waals surface area contributed by atoms with Gasteiger partial charge in [0, 0.05) is 28.8 Å². The predicted molar refractivity (Wildman–Crippen MR) is 76.4 cm³/mol. The smallest absolute Gasteiger partial charge is 0.161 e. The molecule has 1 aromatic rings. The van der Waals surface area contributed by atoms with Crippen LogP contribution < -0.4 is 4.90 Å². The number of carbonyl (C=O) groups excluding carboxylic acids is 1. The molecule has 18 heavy (non-hydrogen) atoms. The van der Waals surface area contributed by atoms with Gasteiger partial charge >= 0.3 is 0 Å². The van der Waals surface area contributed by atoms with Crippen LogP contribution in [-0.2, 0) is 4.74 Å². The predicted octanol–water partition coefficient (Wildman–Crippen LogP) is 3.27. The minimum Gasteiger partial charge on any atom is -0.372 e. The summed E-state index contributed by atoms with van der Waals surface area (Å²) in [5.74, 6) is 0.0955. The Hall–Kier alpha value is -0.870. The summed E-state index contributed by atoms with van der Waals surface area (Å²) in [5.41, 5.74) is 1.78. The van der Waals surface area contributed by atoms with Gasteiger partial charge in [-0.05, 0) is 39.0 Å². The van der Waals surface area contributed by atoms with Crippen LogP contribution in [0.15, 0.2) is 22.7 Å². The molecule has 0 aliphatic carbocycles. The molecule has 1 fully saturated rings. The third-order valence-electron chi connectivity index (χ3n) is 3.10. The van der Waals surface area contributed by atoms with Crippen molar-refractivity contribution in [3.8, 4) is 0 Å². The number of halogens is 1. The number of ketones is 1. The maximum atomic E-state index is 11.7. The van der Waals surface area contributed by atoms with Gasteiger partial charge in [-0.2, -0.15) is 0 Å². The number of ether oxygens (including phenoxy) is 1. The summed E-state index contributed by atoms with van der Waals surface area (Å²) in [7, 11) is 0. The summed E-state index contributed by atoms with van der Waals surface area (Å²) in [6.07, 6.45) is 0.384. The summed E-state index contributed by atoms with van der Waals surface area (Å²) in [4.78, 5) is 14.0. The molecule has 1 saturated heterocycles. The van der Waals surface area contributed by atoms with Gasteiger partial charge in [0.15, 0.2) is 5.78 Å². The van der Waals surface area contributed by atoms with Crippen molar-refractivity contribution in [2.75, 3.05) is 18.0 Å². The number of Topliss-reactive ketones (excluding diaryl/α,β-unsaturated/α-hetero) is 1. The first-order valence-electron chi connectivity index (χ1n) is 6.18. The third kappa shape index (κ3) is 2.93. The van der Waals surface area contributed by atoms with E-state index < -0.39 is 0 Å². The molecular formula is C14H18BrNO2. The molecule has 1 aliphatic heterocycles. The Labute approximate surface area is 116 Å². The molecule has 2 rings (SSSR count). The van der Waals surface area contributed by atoms with Crippen LogP contribution in [-0.4, -0.2) is 31.1 Å². The third-order valence-corrected chi connectivity index (χ3v) is 3.59. The van der Waals surface area contributed by atoms with Crippen LogP contribution in [0.4, 0.5) is 5.69 Å². The Morgan fingerprint density at radius 1 is 1.33 bits per heavy atom. The fourth-order valence-electron chi connectivity index (χ4n) is 2.44. The van der Waals surface area contributed by atoms with Crippen LogP contribution >= 0.6 is 15.9 Å². The minimum atomic E-state index is 0.0955. The summed E-state index contributed by atoms with van der Waals surface area (Å²) >= 11 is 3.42. The van der Waals surface area contributed by atoms with Gasteiger partial charge in [0.2, 0.25) is 0 Å². The molecule has 1 aliphatic rings. The fourth-order valence-corrected chi connectivity index (χ4v) is 2.80. The second-order valence-electron chi connectivity index (χ2n) is 4.88. The molecule has 4 heteroatoms. The average Bonchev–Trinajstić information content (AvgIpc) is 2.27. The molecule has 3 nitrogen and oxygen atoms in total. The first-order chi connectivity index (χ1) is 8.47. The number of nitrogens with zero attached hydrogens (tertiary/aromatic N) is 1. The molecule has 0 amide bonds. The van der Waals surface area contributed by atoms with Crippen molar-refractivity contribution in [3.05, 3.63) is 28.2 Å². The van der Waals surface area contributed by atoms with Gasteiger partial charge in [0.1, 0.15) is 0 Å². The highest BCUT2D eigenvalue weighted by atomic mass is 79.9. The van der Waals surface area contributed by atoms with Gasteiger partial charge in [-0.1, -0.05) is 15.9 Å². The molecule has 0 radical (unpaired) electrons. The molecule has 0 aromatic heterocycles. The van der Waals surface area contributed by atoms with E-state index in [9.17, 15) is 4.79 Å². The zero-order valence-corrected chi connectivity index (χ0v) is 12.5. The lowest BCUT2D eigenvalue weighted by molar-refractivity contribution is -0.00526. The summed E-state index contributed by atoms with van der Waals surface area (Å²) in [5, 5.41) is 0. The van der Waals surface area contributed by atoms with E-state index in [1.165, 1.54) is 0 Å². The van der Waals surface area contributed by atoms with Crippen LogP contribution in [0.25, 0.3) is 0 Å². The molecule has 0 N–H and O–H groups in total. The van der Waals surface area contributed by atoms with Gasteiger partial charge in [0.25, 0.3) is 0 Å². The maximum Gasteiger partial charge on any atom is 0.161 e. The van der Waals surface area contributed by atoms with Crippen LogP contribution in [0.1, 0.15) is 31.1 Å².